The molecule has 0 saturated heterocycles. The topological polar surface area (TPSA) is 104 Å². The van der Waals surface area contributed by atoms with Crippen molar-refractivity contribution in [1.29, 1.82) is 0 Å². The van der Waals surface area contributed by atoms with Crippen molar-refractivity contribution >= 4 is 49.5 Å². The number of non-ortho nitro benzene ring substituents is 1. The van der Waals surface area contributed by atoms with Crippen LogP contribution in [0.5, 0.6) is 11.5 Å². The van der Waals surface area contributed by atoms with Crippen LogP contribution in [0, 0.1) is 10.1 Å². The summed E-state index contributed by atoms with van der Waals surface area (Å²) in [4.78, 5) is 28.1. The number of aromatic nitrogens is 1. The quantitative estimate of drug-likeness (QED) is 0.356. The number of hydrogen-bond donors (Lipinski definition) is 1. The second-order valence-electron chi connectivity index (χ2n) is 6.44. The van der Waals surface area contributed by atoms with E-state index in [-0.39, 0.29) is 11.6 Å². The van der Waals surface area contributed by atoms with Gasteiger partial charge < -0.3 is 9.47 Å². The number of hydrogen-bond acceptors (Lipinski definition) is 8. The van der Waals surface area contributed by atoms with Gasteiger partial charge in [0, 0.05) is 33.2 Å². The first kappa shape index (κ1) is 18.5. The molecule has 30 heavy (non-hydrogen) atoms. The highest BCUT2D eigenvalue weighted by molar-refractivity contribution is 7.21. The van der Waals surface area contributed by atoms with E-state index in [1.165, 1.54) is 34.8 Å². The van der Waals surface area contributed by atoms with Crippen molar-refractivity contribution in [2.45, 2.75) is 0 Å². The summed E-state index contributed by atoms with van der Waals surface area (Å²) in [5.41, 5.74) is 1.58. The van der Waals surface area contributed by atoms with Crippen LogP contribution in [0.2, 0.25) is 0 Å². The maximum atomic E-state index is 12.6. The van der Waals surface area contributed by atoms with Crippen LogP contribution < -0.4 is 14.8 Å². The summed E-state index contributed by atoms with van der Waals surface area (Å²) in [5.74, 6) is 1.08. The molecule has 0 fully saturated rings. The van der Waals surface area contributed by atoms with Crippen LogP contribution in [-0.4, -0.2) is 29.0 Å². The molecule has 0 unspecified atom stereocenters. The van der Waals surface area contributed by atoms with E-state index in [1.807, 2.05) is 23.6 Å². The molecular weight excluding hydrogens is 426 g/mol. The minimum atomic E-state index is -0.453. The first-order valence-electron chi connectivity index (χ1n) is 8.92. The van der Waals surface area contributed by atoms with Crippen LogP contribution in [0.1, 0.15) is 9.67 Å². The number of anilines is 1. The van der Waals surface area contributed by atoms with Gasteiger partial charge in [0.15, 0.2) is 16.6 Å². The van der Waals surface area contributed by atoms with Crippen LogP contribution in [0.25, 0.3) is 21.3 Å². The molecular formula is C20H13N3O5S2. The van der Waals surface area contributed by atoms with E-state index in [1.54, 1.807) is 12.1 Å². The van der Waals surface area contributed by atoms with Crippen LogP contribution in [0.4, 0.5) is 10.8 Å². The lowest BCUT2D eigenvalue weighted by Crippen LogP contribution is -2.15. The van der Waals surface area contributed by atoms with E-state index in [9.17, 15) is 14.9 Å². The average molecular weight is 439 g/mol. The Morgan fingerprint density at radius 1 is 1.10 bits per heavy atom. The lowest BCUT2D eigenvalue weighted by Gasteiger charge is -2.18. The molecule has 0 aliphatic carbocycles. The lowest BCUT2D eigenvalue weighted by molar-refractivity contribution is -0.384. The SMILES string of the molecule is O=C(Nc1nc(-c2ccc3c(c2)OCCO3)cs1)c1cc2cc([N+](=O)[O-])ccc2s1. The zero-order valence-electron chi connectivity index (χ0n) is 15.3. The van der Waals surface area contributed by atoms with Gasteiger partial charge in [-0.2, -0.15) is 0 Å². The highest BCUT2D eigenvalue weighted by Crippen LogP contribution is 2.36. The third-order valence-corrected chi connectivity index (χ3v) is 6.37. The maximum Gasteiger partial charge on any atom is 0.270 e. The number of nitrogens with one attached hydrogen (secondary N) is 1. The molecule has 0 spiro atoms. The van der Waals surface area contributed by atoms with E-state index in [2.05, 4.69) is 10.3 Å². The van der Waals surface area contributed by atoms with E-state index < -0.39 is 4.92 Å². The van der Waals surface area contributed by atoms with Crippen molar-refractivity contribution in [3.8, 4) is 22.8 Å². The van der Waals surface area contributed by atoms with E-state index in [4.69, 9.17) is 9.47 Å². The molecule has 0 atom stereocenters. The van der Waals surface area contributed by atoms with Gasteiger partial charge in [-0.1, -0.05) is 0 Å². The number of fused-ring (bicyclic) bond motifs is 2. The van der Waals surface area contributed by atoms with Gasteiger partial charge in [-0.15, -0.1) is 22.7 Å². The number of rotatable bonds is 4. The van der Waals surface area contributed by atoms with Crippen LogP contribution in [0.15, 0.2) is 47.8 Å². The lowest BCUT2D eigenvalue weighted by atomic mass is 10.1. The molecule has 2 aromatic carbocycles. The number of ether oxygens (including phenoxy) is 2. The zero-order valence-corrected chi connectivity index (χ0v) is 16.9. The standard InChI is InChI=1S/C20H13N3O5S2/c24-19(18-9-12-7-13(23(25)26)2-4-17(12)30-18)22-20-21-14(10-29-20)11-1-3-15-16(8-11)28-6-5-27-15/h1-4,7-10H,5-6H2,(H,21,22,24). The molecule has 1 N–H and O–H groups in total. The first-order valence-corrected chi connectivity index (χ1v) is 10.6. The molecule has 1 aliphatic heterocycles. The van der Waals surface area contributed by atoms with Gasteiger partial charge in [-0.25, -0.2) is 4.98 Å². The number of nitrogens with zero attached hydrogens (tertiary/aromatic N) is 2. The molecule has 0 saturated carbocycles. The number of carbonyl (C=O) groups is 1. The Labute approximate surface area is 177 Å². The fraction of sp³-hybridized carbons (Fsp3) is 0.100. The second kappa shape index (κ2) is 7.39. The largest absolute Gasteiger partial charge is 0.486 e. The van der Waals surface area contributed by atoms with Crippen LogP contribution in [0.3, 0.4) is 0 Å². The van der Waals surface area contributed by atoms with Gasteiger partial charge in [-0.3, -0.25) is 20.2 Å². The molecule has 8 nitrogen and oxygen atoms in total. The molecule has 10 heteroatoms. The molecule has 0 radical (unpaired) electrons. The predicted octanol–water partition coefficient (Wildman–Crippen LogP) is 4.96. The average Bonchev–Trinajstić information content (AvgIpc) is 3.39. The number of carbonyl (C=O) groups excluding carboxylic acids is 1. The molecule has 4 aromatic rings. The smallest absolute Gasteiger partial charge is 0.270 e. The Bertz CT molecular complexity index is 1300. The second-order valence-corrected chi connectivity index (χ2v) is 8.38. The molecule has 3 heterocycles. The van der Waals surface area contributed by atoms with E-state index in [0.29, 0.717) is 40.1 Å². The van der Waals surface area contributed by atoms with Gasteiger partial charge in [0.05, 0.1) is 15.5 Å². The van der Waals surface area contributed by atoms with Gasteiger partial charge in [0.1, 0.15) is 13.2 Å². The van der Waals surface area contributed by atoms with Crippen molar-refractivity contribution < 1.29 is 19.2 Å². The predicted molar refractivity (Wildman–Crippen MR) is 115 cm³/mol. The Balaban J connectivity index is 1.35. The monoisotopic (exact) mass is 439 g/mol. The molecule has 1 amide bonds. The summed E-state index contributed by atoms with van der Waals surface area (Å²) in [6, 6.07) is 11.8. The summed E-state index contributed by atoms with van der Waals surface area (Å²) >= 11 is 2.59. The van der Waals surface area contributed by atoms with Crippen molar-refractivity contribution in [1.82, 2.24) is 4.98 Å². The van der Waals surface area contributed by atoms with Crippen LogP contribution >= 0.6 is 22.7 Å². The van der Waals surface area contributed by atoms with E-state index >= 15 is 0 Å². The molecule has 0 bridgehead atoms. The number of nitro groups is 1. The summed E-state index contributed by atoms with van der Waals surface area (Å²) in [6.07, 6.45) is 0. The Kier molecular flexibility index (Phi) is 4.57. The summed E-state index contributed by atoms with van der Waals surface area (Å²) in [5, 5.41) is 16.7. The minimum absolute atomic E-state index is 0.00347. The van der Waals surface area contributed by atoms with Crippen molar-refractivity contribution in [2.24, 2.45) is 0 Å². The van der Waals surface area contributed by atoms with Gasteiger partial charge in [-0.05, 0) is 30.3 Å². The number of nitro benzene ring substituents is 1. The maximum absolute atomic E-state index is 12.6. The zero-order chi connectivity index (χ0) is 20.7. The van der Waals surface area contributed by atoms with Crippen molar-refractivity contribution in [2.75, 3.05) is 18.5 Å². The van der Waals surface area contributed by atoms with E-state index in [0.717, 1.165) is 16.0 Å². The number of benzene rings is 2. The normalized spacial score (nSPS) is 12.7. The molecule has 5 rings (SSSR count). The number of amides is 1. The Morgan fingerprint density at radius 2 is 1.93 bits per heavy atom. The highest BCUT2D eigenvalue weighted by Gasteiger charge is 2.17. The summed E-state index contributed by atoms with van der Waals surface area (Å²) in [7, 11) is 0. The first-order chi connectivity index (χ1) is 14.6. The molecule has 150 valence electrons. The fourth-order valence-electron chi connectivity index (χ4n) is 3.08. The molecule has 2 aromatic heterocycles. The Hall–Kier alpha value is -3.50. The van der Waals surface area contributed by atoms with Crippen molar-refractivity contribution in [3.05, 3.63) is 62.8 Å². The summed E-state index contributed by atoms with van der Waals surface area (Å²) in [6.45, 7) is 1.04. The number of thiazole rings is 1. The third-order valence-electron chi connectivity index (χ3n) is 4.50. The summed E-state index contributed by atoms with van der Waals surface area (Å²) < 4.78 is 11.9. The third kappa shape index (κ3) is 3.46. The fourth-order valence-corrected chi connectivity index (χ4v) is 4.73. The van der Waals surface area contributed by atoms with Crippen molar-refractivity contribution in [3.63, 3.8) is 0 Å². The van der Waals surface area contributed by atoms with Gasteiger partial charge in [0.2, 0.25) is 0 Å². The van der Waals surface area contributed by atoms with Crippen LogP contribution in [-0.2, 0) is 0 Å². The molecule has 1 aliphatic rings. The van der Waals surface area contributed by atoms with Gasteiger partial charge in [0.25, 0.3) is 11.6 Å². The Morgan fingerprint density at radius 3 is 2.77 bits per heavy atom. The minimum Gasteiger partial charge on any atom is -0.486 e. The number of thiophene rings is 1. The van der Waals surface area contributed by atoms with Gasteiger partial charge >= 0.3 is 0 Å². The highest BCUT2D eigenvalue weighted by atomic mass is 32.1.